The highest BCUT2D eigenvalue weighted by atomic mass is 32.1. The molecule has 0 saturated carbocycles. The van der Waals surface area contributed by atoms with Gasteiger partial charge < -0.3 is 10.5 Å². The van der Waals surface area contributed by atoms with Gasteiger partial charge in [0.2, 0.25) is 0 Å². The van der Waals surface area contributed by atoms with E-state index in [0.29, 0.717) is 6.42 Å². The molecule has 5 nitrogen and oxygen atoms in total. The van der Waals surface area contributed by atoms with Crippen molar-refractivity contribution in [3.05, 3.63) is 35.9 Å². The van der Waals surface area contributed by atoms with Crippen LogP contribution in [0.4, 0.5) is 0 Å². The monoisotopic (exact) mass is 293 g/mol. The van der Waals surface area contributed by atoms with E-state index in [1.165, 1.54) is 7.11 Å². The Kier molecular flexibility index (Phi) is 7.27. The molecule has 3 N–H and O–H groups in total. The van der Waals surface area contributed by atoms with Gasteiger partial charge in [-0.3, -0.25) is 10.2 Å². The Bertz CT molecular complexity index is 475. The predicted molar refractivity (Wildman–Crippen MR) is 83.4 cm³/mol. The van der Waals surface area contributed by atoms with Gasteiger partial charge in [0.15, 0.2) is 5.11 Å². The van der Waals surface area contributed by atoms with Gasteiger partial charge in [-0.1, -0.05) is 30.3 Å². The molecule has 108 valence electrons. The first kappa shape index (κ1) is 16.1. The molecule has 0 aromatic heterocycles. The van der Waals surface area contributed by atoms with Crippen LogP contribution in [-0.2, 0) is 9.53 Å². The van der Waals surface area contributed by atoms with Crippen LogP contribution in [0.5, 0.6) is 0 Å². The third kappa shape index (κ3) is 6.29. The topological polar surface area (TPSA) is 76.7 Å². The second kappa shape index (κ2) is 9.03. The summed E-state index contributed by atoms with van der Waals surface area (Å²) in [7, 11) is 1.39. The van der Waals surface area contributed by atoms with E-state index >= 15 is 0 Å². The molecule has 0 unspecified atom stereocenters. The molecule has 6 heteroatoms. The van der Waals surface area contributed by atoms with E-state index in [1.807, 2.05) is 30.3 Å². The standard InChI is InChI=1S/C14H19N3O2S/c1-19-13(18)10-6-5-9-12(16-17-14(15)20)11-7-3-2-4-8-11/h2-4,7-8H,5-6,9-10H2,1H3,(H3,15,17,20). The zero-order valence-corrected chi connectivity index (χ0v) is 12.3. The van der Waals surface area contributed by atoms with E-state index in [9.17, 15) is 4.79 Å². The zero-order valence-electron chi connectivity index (χ0n) is 11.5. The maximum absolute atomic E-state index is 11.0. The lowest BCUT2D eigenvalue weighted by atomic mass is 10.0. The Morgan fingerprint density at radius 1 is 1.30 bits per heavy atom. The summed E-state index contributed by atoms with van der Waals surface area (Å²) in [6, 6.07) is 9.78. The van der Waals surface area contributed by atoms with Crippen LogP contribution in [0, 0.1) is 0 Å². The van der Waals surface area contributed by atoms with Gasteiger partial charge in [0, 0.05) is 6.42 Å². The summed E-state index contributed by atoms with van der Waals surface area (Å²) in [5.74, 6) is -0.190. The molecule has 1 aromatic rings. The molecule has 0 amide bonds. The molecular formula is C14H19N3O2S. The molecule has 1 rings (SSSR count). The van der Waals surface area contributed by atoms with E-state index in [-0.39, 0.29) is 11.1 Å². The van der Waals surface area contributed by atoms with Crippen molar-refractivity contribution in [1.82, 2.24) is 5.43 Å². The highest BCUT2D eigenvalue weighted by Crippen LogP contribution is 2.09. The van der Waals surface area contributed by atoms with Crippen LogP contribution < -0.4 is 11.2 Å². The summed E-state index contributed by atoms with van der Waals surface area (Å²) < 4.78 is 4.61. The Balaban J connectivity index is 2.58. The summed E-state index contributed by atoms with van der Waals surface area (Å²) in [6.45, 7) is 0. The van der Waals surface area contributed by atoms with Crippen molar-refractivity contribution in [1.29, 1.82) is 0 Å². The number of hydrogen-bond donors (Lipinski definition) is 2. The Morgan fingerprint density at radius 2 is 1.95 bits per heavy atom. The van der Waals surface area contributed by atoms with Crippen molar-refractivity contribution in [3.8, 4) is 0 Å². The Labute approximate surface area is 124 Å². The number of rotatable bonds is 7. The number of esters is 1. The highest BCUT2D eigenvalue weighted by Gasteiger charge is 2.05. The van der Waals surface area contributed by atoms with Crippen molar-refractivity contribution in [3.63, 3.8) is 0 Å². The lowest BCUT2D eigenvalue weighted by molar-refractivity contribution is -0.140. The lowest BCUT2D eigenvalue weighted by Crippen LogP contribution is -2.25. The molecule has 0 aliphatic heterocycles. The number of thiocarbonyl (C=S) groups is 1. The van der Waals surface area contributed by atoms with Crippen LogP contribution >= 0.6 is 12.2 Å². The van der Waals surface area contributed by atoms with Crippen LogP contribution in [0.25, 0.3) is 0 Å². The van der Waals surface area contributed by atoms with Crippen molar-refractivity contribution in [2.24, 2.45) is 10.8 Å². The van der Waals surface area contributed by atoms with E-state index in [2.05, 4.69) is 15.3 Å². The molecule has 0 radical (unpaired) electrons. The molecule has 0 atom stereocenters. The molecule has 0 aliphatic rings. The van der Waals surface area contributed by atoms with Gasteiger partial charge in [0.1, 0.15) is 0 Å². The smallest absolute Gasteiger partial charge is 0.305 e. The average Bonchev–Trinajstić information content (AvgIpc) is 2.46. The average molecular weight is 293 g/mol. The van der Waals surface area contributed by atoms with Gasteiger partial charge in [-0.15, -0.1) is 0 Å². The summed E-state index contributed by atoms with van der Waals surface area (Å²) in [4.78, 5) is 11.0. The molecule has 0 bridgehead atoms. The van der Waals surface area contributed by atoms with Crippen LogP contribution in [0.15, 0.2) is 35.4 Å². The molecule has 1 aromatic carbocycles. The summed E-state index contributed by atoms with van der Waals surface area (Å²) in [5.41, 5.74) is 9.87. The minimum absolute atomic E-state index is 0.132. The number of nitrogens with zero attached hydrogens (tertiary/aromatic N) is 1. The highest BCUT2D eigenvalue weighted by molar-refractivity contribution is 7.80. The van der Waals surface area contributed by atoms with E-state index < -0.39 is 0 Å². The van der Waals surface area contributed by atoms with Crippen molar-refractivity contribution in [2.75, 3.05) is 7.11 Å². The second-order valence-electron chi connectivity index (χ2n) is 4.18. The van der Waals surface area contributed by atoms with Crippen molar-refractivity contribution >= 4 is 29.0 Å². The maximum atomic E-state index is 11.0. The molecule has 0 heterocycles. The van der Waals surface area contributed by atoms with Crippen LogP contribution in [-0.4, -0.2) is 23.9 Å². The largest absolute Gasteiger partial charge is 0.469 e. The fourth-order valence-corrected chi connectivity index (χ4v) is 1.73. The van der Waals surface area contributed by atoms with Crippen LogP contribution in [0.3, 0.4) is 0 Å². The second-order valence-corrected chi connectivity index (χ2v) is 4.62. The molecule has 0 saturated heterocycles. The molecule has 20 heavy (non-hydrogen) atoms. The SMILES string of the molecule is COC(=O)CCCCC(=NNC(N)=S)c1ccccc1. The Morgan fingerprint density at radius 3 is 2.55 bits per heavy atom. The number of nitrogens with one attached hydrogen (secondary N) is 1. The fourth-order valence-electron chi connectivity index (χ4n) is 1.68. The third-order valence-electron chi connectivity index (χ3n) is 2.68. The summed E-state index contributed by atoms with van der Waals surface area (Å²) in [5, 5.41) is 4.35. The zero-order chi connectivity index (χ0) is 14.8. The number of nitrogens with two attached hydrogens (primary N) is 1. The number of methoxy groups -OCH3 is 1. The van der Waals surface area contributed by atoms with Gasteiger partial charge in [-0.25, -0.2) is 0 Å². The van der Waals surface area contributed by atoms with Crippen molar-refractivity contribution < 1.29 is 9.53 Å². The molecule has 0 aliphatic carbocycles. The summed E-state index contributed by atoms with van der Waals surface area (Å²) >= 11 is 4.75. The third-order valence-corrected chi connectivity index (χ3v) is 2.77. The van der Waals surface area contributed by atoms with E-state index in [4.69, 9.17) is 18.0 Å². The Hall–Kier alpha value is -1.95. The number of hydrazone groups is 1. The van der Waals surface area contributed by atoms with E-state index in [1.54, 1.807) is 0 Å². The van der Waals surface area contributed by atoms with Gasteiger partial charge in [-0.2, -0.15) is 5.10 Å². The number of carbonyl (C=O) groups is 1. The van der Waals surface area contributed by atoms with Gasteiger partial charge in [0.05, 0.1) is 12.8 Å². The normalized spacial score (nSPS) is 10.9. The molecule has 0 spiro atoms. The van der Waals surface area contributed by atoms with Gasteiger partial charge in [-0.05, 0) is 37.0 Å². The molecular weight excluding hydrogens is 274 g/mol. The predicted octanol–water partition coefficient (Wildman–Crippen LogP) is 1.96. The van der Waals surface area contributed by atoms with E-state index in [0.717, 1.165) is 30.5 Å². The fraction of sp³-hybridized carbons (Fsp3) is 0.357. The lowest BCUT2D eigenvalue weighted by Gasteiger charge is -2.07. The van der Waals surface area contributed by atoms with Gasteiger partial charge >= 0.3 is 5.97 Å². The number of unbranched alkanes of at least 4 members (excludes halogenated alkanes) is 1. The van der Waals surface area contributed by atoms with Crippen LogP contribution in [0.1, 0.15) is 31.2 Å². The summed E-state index contributed by atoms with van der Waals surface area (Å²) in [6.07, 6.45) is 2.74. The number of benzene rings is 1. The quantitative estimate of drug-likeness (QED) is 0.264. The number of hydrogen-bond acceptors (Lipinski definition) is 4. The van der Waals surface area contributed by atoms with Gasteiger partial charge in [0.25, 0.3) is 0 Å². The number of carbonyl (C=O) groups excluding carboxylic acids is 1. The van der Waals surface area contributed by atoms with Crippen LogP contribution in [0.2, 0.25) is 0 Å². The first-order valence-corrected chi connectivity index (χ1v) is 6.78. The maximum Gasteiger partial charge on any atom is 0.305 e. The van der Waals surface area contributed by atoms with Crippen molar-refractivity contribution in [2.45, 2.75) is 25.7 Å². The first-order valence-electron chi connectivity index (χ1n) is 6.37. The first-order chi connectivity index (χ1) is 9.63. The number of ether oxygens (including phenoxy) is 1. The minimum Gasteiger partial charge on any atom is -0.469 e. The molecule has 0 fully saturated rings. The minimum atomic E-state index is -0.190.